The summed E-state index contributed by atoms with van der Waals surface area (Å²) in [7, 11) is 4.63. The monoisotopic (exact) mass is 505 g/mol. The summed E-state index contributed by atoms with van der Waals surface area (Å²) < 4.78 is 13.7. The van der Waals surface area contributed by atoms with Crippen LogP contribution in [0, 0.1) is 0 Å². The molecule has 0 saturated heterocycles. The van der Waals surface area contributed by atoms with Crippen molar-refractivity contribution in [3.05, 3.63) is 48.0 Å². The highest BCUT2D eigenvalue weighted by molar-refractivity contribution is 7.80. The lowest BCUT2D eigenvalue weighted by molar-refractivity contribution is -0.121. The smallest absolute Gasteiger partial charge is 0.228 e. The van der Waals surface area contributed by atoms with Gasteiger partial charge < -0.3 is 30.2 Å². The molecule has 1 amide bonds. The van der Waals surface area contributed by atoms with Gasteiger partial charge in [-0.25, -0.2) is 0 Å². The summed E-state index contributed by atoms with van der Waals surface area (Å²) in [6.07, 6.45) is -1.02. The van der Waals surface area contributed by atoms with E-state index in [4.69, 9.17) is 61.2 Å². The molecule has 0 fully saturated rings. The Hall–Kier alpha value is -2.13. The van der Waals surface area contributed by atoms with Crippen molar-refractivity contribution in [1.82, 2.24) is 10.6 Å². The van der Waals surface area contributed by atoms with Crippen LogP contribution in [-0.2, 0) is 11.2 Å². The first-order chi connectivity index (χ1) is 14.7. The topological polar surface area (TPSA) is 80.9 Å². The maximum absolute atomic E-state index is 12.5. The number of hydrogen-bond acceptors (Lipinski definition) is 5. The first-order valence-corrected chi connectivity index (χ1v) is 10.5. The predicted octanol–water partition coefficient (Wildman–Crippen LogP) is 4.05. The molecule has 0 heterocycles. The average Bonchev–Trinajstić information content (AvgIpc) is 2.73. The third-order valence-corrected chi connectivity index (χ3v) is 4.96. The number of nitrogens with one attached hydrogen (secondary N) is 3. The van der Waals surface area contributed by atoms with Crippen LogP contribution >= 0.6 is 47.0 Å². The van der Waals surface area contributed by atoms with Gasteiger partial charge in [-0.2, -0.15) is 0 Å². The second kappa shape index (κ2) is 11.5. The molecule has 2 aromatic rings. The van der Waals surface area contributed by atoms with Crippen LogP contribution in [0.4, 0.5) is 5.69 Å². The fourth-order valence-corrected chi connectivity index (χ4v) is 3.10. The van der Waals surface area contributed by atoms with Crippen LogP contribution in [0.25, 0.3) is 0 Å². The number of alkyl halides is 3. The van der Waals surface area contributed by atoms with Gasteiger partial charge in [0.05, 0.1) is 33.4 Å². The Balaban J connectivity index is 2.05. The highest BCUT2D eigenvalue weighted by Gasteiger charge is 2.34. The van der Waals surface area contributed by atoms with E-state index in [0.29, 0.717) is 22.9 Å². The molecule has 168 valence electrons. The Morgan fingerprint density at radius 1 is 0.968 bits per heavy atom. The normalized spacial score (nSPS) is 11.8. The lowest BCUT2D eigenvalue weighted by atomic mass is 10.1. The molecule has 0 aliphatic heterocycles. The molecule has 0 spiro atoms. The number of hydrogen-bond donors (Lipinski definition) is 3. The number of thiocarbonyl (C=S) groups is 1. The number of ether oxygens (including phenoxy) is 3. The molecule has 0 saturated carbocycles. The van der Waals surface area contributed by atoms with Gasteiger partial charge in [-0.1, -0.05) is 46.9 Å². The Labute approximate surface area is 201 Å². The molecule has 7 nitrogen and oxygen atoms in total. The molecular weight excluding hydrogens is 485 g/mol. The third kappa shape index (κ3) is 7.81. The largest absolute Gasteiger partial charge is 0.497 e. The van der Waals surface area contributed by atoms with E-state index < -0.39 is 9.96 Å². The molecule has 2 aromatic carbocycles. The fourth-order valence-electron chi connectivity index (χ4n) is 2.54. The van der Waals surface area contributed by atoms with Crippen molar-refractivity contribution in [3.8, 4) is 17.2 Å². The van der Waals surface area contributed by atoms with Crippen LogP contribution in [0.2, 0.25) is 0 Å². The summed E-state index contributed by atoms with van der Waals surface area (Å²) in [4.78, 5) is 12.5. The zero-order chi connectivity index (χ0) is 23.0. The molecule has 2 rings (SSSR count). The van der Waals surface area contributed by atoms with Crippen LogP contribution in [0.5, 0.6) is 17.2 Å². The van der Waals surface area contributed by atoms with E-state index in [-0.39, 0.29) is 17.4 Å². The van der Waals surface area contributed by atoms with Crippen molar-refractivity contribution in [2.45, 2.75) is 16.4 Å². The fraction of sp³-hybridized carbons (Fsp3) is 0.300. The summed E-state index contributed by atoms with van der Waals surface area (Å²) in [5.74, 6) is 1.45. The van der Waals surface area contributed by atoms with Crippen molar-refractivity contribution in [3.63, 3.8) is 0 Å². The predicted molar refractivity (Wildman–Crippen MR) is 128 cm³/mol. The summed E-state index contributed by atoms with van der Waals surface area (Å²) in [6.45, 7) is 0. The van der Waals surface area contributed by atoms with Gasteiger partial charge in [0.1, 0.15) is 23.4 Å². The van der Waals surface area contributed by atoms with Gasteiger partial charge >= 0.3 is 0 Å². The van der Waals surface area contributed by atoms with E-state index >= 15 is 0 Å². The van der Waals surface area contributed by atoms with Crippen LogP contribution in [0.1, 0.15) is 5.56 Å². The van der Waals surface area contributed by atoms with Gasteiger partial charge in [-0.15, -0.1) is 0 Å². The first kappa shape index (κ1) is 25.1. The van der Waals surface area contributed by atoms with Crippen molar-refractivity contribution < 1.29 is 19.0 Å². The van der Waals surface area contributed by atoms with Crippen molar-refractivity contribution >= 4 is 63.7 Å². The number of halogens is 3. The first-order valence-electron chi connectivity index (χ1n) is 8.94. The molecular formula is C20H22Cl3N3O4S. The second-order valence-corrected chi connectivity index (χ2v) is 9.01. The molecule has 0 aliphatic rings. The maximum atomic E-state index is 12.5. The van der Waals surface area contributed by atoms with Gasteiger partial charge in [0.15, 0.2) is 5.11 Å². The number of carbonyl (C=O) groups excluding carboxylic acids is 1. The van der Waals surface area contributed by atoms with Crippen LogP contribution in [0.15, 0.2) is 42.5 Å². The van der Waals surface area contributed by atoms with E-state index in [0.717, 1.165) is 5.56 Å². The summed E-state index contributed by atoms with van der Waals surface area (Å²) in [6, 6.07) is 12.2. The third-order valence-electron chi connectivity index (χ3n) is 4.09. The zero-order valence-electron chi connectivity index (χ0n) is 17.0. The molecule has 0 aromatic heterocycles. The molecule has 0 aliphatic carbocycles. The standard InChI is InChI=1S/C20H22Cl3N3O4S/c1-28-13-6-4-12(5-7-13)10-17(27)25-18(20(21,22)23)26-19(31)24-15-11-14(29-2)8-9-16(15)30-3/h4-9,11,18H,10H2,1-3H3,(H,25,27)(H2,24,26,31). The molecule has 3 N–H and O–H groups in total. The van der Waals surface area contributed by atoms with Crippen LogP contribution < -0.4 is 30.2 Å². The number of methoxy groups -OCH3 is 3. The molecule has 0 bridgehead atoms. The molecule has 11 heteroatoms. The molecule has 1 unspecified atom stereocenters. The summed E-state index contributed by atoms with van der Waals surface area (Å²) in [5.41, 5.74) is 1.30. The van der Waals surface area contributed by atoms with Crippen LogP contribution in [-0.4, -0.2) is 42.3 Å². The van der Waals surface area contributed by atoms with Gasteiger partial charge in [0.2, 0.25) is 9.70 Å². The quantitative estimate of drug-likeness (QED) is 0.283. The molecule has 31 heavy (non-hydrogen) atoms. The number of carbonyl (C=O) groups is 1. The van der Waals surface area contributed by atoms with Crippen molar-refractivity contribution in [1.29, 1.82) is 0 Å². The van der Waals surface area contributed by atoms with E-state index in [2.05, 4.69) is 16.0 Å². The number of rotatable bonds is 8. The van der Waals surface area contributed by atoms with E-state index in [9.17, 15) is 4.79 Å². The minimum Gasteiger partial charge on any atom is -0.497 e. The van der Waals surface area contributed by atoms with E-state index in [1.165, 1.54) is 7.11 Å². The van der Waals surface area contributed by atoms with Gasteiger partial charge in [-0.3, -0.25) is 4.79 Å². The van der Waals surface area contributed by atoms with E-state index in [1.807, 2.05) is 0 Å². The molecule has 0 radical (unpaired) electrons. The highest BCUT2D eigenvalue weighted by atomic mass is 35.6. The SMILES string of the molecule is COc1ccc(CC(=O)NC(NC(=S)Nc2cc(OC)ccc2OC)C(Cl)(Cl)Cl)cc1. The van der Waals surface area contributed by atoms with E-state index in [1.54, 1.807) is 56.7 Å². The zero-order valence-corrected chi connectivity index (χ0v) is 20.1. The minimum absolute atomic E-state index is 0.0762. The Morgan fingerprint density at radius 2 is 1.58 bits per heavy atom. The summed E-state index contributed by atoms with van der Waals surface area (Å²) >= 11 is 23.5. The number of benzene rings is 2. The molecule has 1 atom stereocenters. The highest BCUT2D eigenvalue weighted by Crippen LogP contribution is 2.31. The van der Waals surface area contributed by atoms with Gasteiger partial charge in [0, 0.05) is 6.07 Å². The second-order valence-electron chi connectivity index (χ2n) is 6.23. The Morgan fingerprint density at radius 3 is 2.13 bits per heavy atom. The minimum atomic E-state index is -1.88. The van der Waals surface area contributed by atoms with Gasteiger partial charge in [-0.05, 0) is 42.0 Å². The van der Waals surface area contributed by atoms with Gasteiger partial charge in [0.25, 0.3) is 0 Å². The Bertz CT molecular complexity index is 908. The average molecular weight is 507 g/mol. The van der Waals surface area contributed by atoms with Crippen molar-refractivity contribution in [2.75, 3.05) is 26.6 Å². The van der Waals surface area contributed by atoms with Crippen LogP contribution in [0.3, 0.4) is 0 Å². The summed E-state index contributed by atoms with van der Waals surface area (Å²) in [5, 5.41) is 8.50. The number of anilines is 1. The Kier molecular flexibility index (Phi) is 9.31. The number of amides is 1. The lowest BCUT2D eigenvalue weighted by Crippen LogP contribution is -2.56. The lowest BCUT2D eigenvalue weighted by Gasteiger charge is -2.28. The maximum Gasteiger partial charge on any atom is 0.228 e. The van der Waals surface area contributed by atoms with Crippen molar-refractivity contribution in [2.24, 2.45) is 0 Å².